The van der Waals surface area contributed by atoms with E-state index in [9.17, 15) is 13.6 Å². The summed E-state index contributed by atoms with van der Waals surface area (Å²) in [5, 5.41) is 4.40. The summed E-state index contributed by atoms with van der Waals surface area (Å²) in [5.74, 6) is -0.602. The Balaban J connectivity index is 1.78. The molecule has 0 unspecified atom stereocenters. The van der Waals surface area contributed by atoms with Gasteiger partial charge in [-0.1, -0.05) is 12.1 Å². The molecule has 0 radical (unpaired) electrons. The number of benzene rings is 1. The highest BCUT2D eigenvalue weighted by atomic mass is 19.1. The average Bonchev–Trinajstić information content (AvgIpc) is 3.21. The molecule has 33 heavy (non-hydrogen) atoms. The first-order valence-corrected chi connectivity index (χ1v) is 9.98. The highest BCUT2D eigenvalue weighted by molar-refractivity contribution is 5.90. The van der Waals surface area contributed by atoms with Gasteiger partial charge in [0.1, 0.15) is 11.6 Å². The van der Waals surface area contributed by atoms with Gasteiger partial charge in [-0.2, -0.15) is 4.52 Å². The predicted octanol–water partition coefficient (Wildman–Crippen LogP) is 3.00. The van der Waals surface area contributed by atoms with E-state index in [2.05, 4.69) is 20.1 Å². The third-order valence-corrected chi connectivity index (χ3v) is 5.19. The molecule has 0 spiro atoms. The summed E-state index contributed by atoms with van der Waals surface area (Å²) in [4.78, 5) is 25.1. The smallest absolute Gasteiger partial charge is 0.250 e. The van der Waals surface area contributed by atoms with Crippen LogP contribution in [0.2, 0.25) is 0 Å². The number of hydrogen-bond donors (Lipinski definition) is 1. The maximum Gasteiger partial charge on any atom is 0.250 e. The van der Waals surface area contributed by atoms with Crippen LogP contribution in [0.5, 0.6) is 0 Å². The zero-order chi connectivity index (χ0) is 23.1. The minimum Gasteiger partial charge on any atom is -0.368 e. The predicted molar refractivity (Wildman–Crippen MR) is 118 cm³/mol. The van der Waals surface area contributed by atoms with Crippen molar-refractivity contribution in [2.75, 3.05) is 5.73 Å². The number of hydrogen-bond acceptors (Lipinski definition) is 6. The van der Waals surface area contributed by atoms with Crippen molar-refractivity contribution in [2.24, 2.45) is 7.05 Å². The molecule has 2 N–H and O–H groups in total. The third kappa shape index (κ3) is 3.71. The fourth-order valence-corrected chi connectivity index (χ4v) is 3.63. The number of rotatable bonds is 4. The maximum atomic E-state index is 14.1. The van der Waals surface area contributed by atoms with Crippen LogP contribution >= 0.6 is 0 Å². The lowest BCUT2D eigenvalue weighted by molar-refractivity contribution is 0.601. The lowest BCUT2D eigenvalue weighted by Crippen LogP contribution is -2.14. The van der Waals surface area contributed by atoms with Gasteiger partial charge >= 0.3 is 0 Å². The van der Waals surface area contributed by atoms with Crippen LogP contribution in [0.15, 0.2) is 65.7 Å². The molecule has 5 rings (SSSR count). The molecular weight excluding hydrogens is 428 g/mol. The largest absolute Gasteiger partial charge is 0.368 e. The molecule has 0 amide bonds. The van der Waals surface area contributed by atoms with E-state index in [1.807, 2.05) is 0 Å². The molecule has 0 fully saturated rings. The summed E-state index contributed by atoms with van der Waals surface area (Å²) in [6.07, 6.45) is 3.16. The Kier molecular flexibility index (Phi) is 4.89. The molecule has 5 aromatic rings. The molecule has 0 bridgehead atoms. The molecule has 4 heterocycles. The summed E-state index contributed by atoms with van der Waals surface area (Å²) >= 11 is 0. The van der Waals surface area contributed by atoms with Gasteiger partial charge in [-0.3, -0.25) is 9.78 Å². The van der Waals surface area contributed by atoms with Crippen molar-refractivity contribution in [3.8, 4) is 22.4 Å². The van der Waals surface area contributed by atoms with Crippen LogP contribution in [0.4, 0.5) is 14.7 Å². The van der Waals surface area contributed by atoms with Crippen LogP contribution in [0.1, 0.15) is 11.5 Å². The Morgan fingerprint density at radius 2 is 1.88 bits per heavy atom. The minimum absolute atomic E-state index is 0.0260. The van der Waals surface area contributed by atoms with Gasteiger partial charge in [-0.25, -0.2) is 18.7 Å². The van der Waals surface area contributed by atoms with Crippen LogP contribution < -0.4 is 11.3 Å². The lowest BCUT2D eigenvalue weighted by Gasteiger charge is -2.12. The standard InChI is InChI=1S/C23H17F2N7O/c1-31-12-14(7-8-19(31)33)20-21(13-4-2-5-15(24)10-13)29-23(26)32-22(20)28-18(30-32)11-17-16(25)6-3-9-27-17/h2-10,12H,11H2,1H3,(H2,26,29). The Hall–Kier alpha value is -4.47. The summed E-state index contributed by atoms with van der Waals surface area (Å²) in [5.41, 5.74) is 8.48. The van der Waals surface area contributed by atoms with Crippen LogP contribution in [0, 0.1) is 11.6 Å². The van der Waals surface area contributed by atoms with E-state index in [4.69, 9.17) is 5.73 Å². The number of fused-ring (bicyclic) bond motifs is 1. The van der Waals surface area contributed by atoms with E-state index in [-0.39, 0.29) is 29.4 Å². The van der Waals surface area contributed by atoms with Crippen molar-refractivity contribution < 1.29 is 8.78 Å². The van der Waals surface area contributed by atoms with Crippen LogP contribution in [0.25, 0.3) is 28.0 Å². The maximum absolute atomic E-state index is 14.1. The molecule has 0 aliphatic heterocycles. The highest BCUT2D eigenvalue weighted by Gasteiger charge is 2.21. The van der Waals surface area contributed by atoms with E-state index in [1.165, 1.54) is 45.6 Å². The number of halogens is 2. The van der Waals surface area contributed by atoms with Gasteiger partial charge in [-0.15, -0.1) is 5.10 Å². The average molecular weight is 445 g/mol. The zero-order valence-electron chi connectivity index (χ0n) is 17.4. The molecule has 0 saturated carbocycles. The number of anilines is 1. The Labute approximate surface area is 186 Å². The normalized spacial score (nSPS) is 11.2. The molecule has 0 aliphatic rings. The Morgan fingerprint density at radius 3 is 2.64 bits per heavy atom. The topological polar surface area (TPSA) is 104 Å². The molecule has 8 nitrogen and oxygen atoms in total. The van der Waals surface area contributed by atoms with E-state index >= 15 is 0 Å². The van der Waals surface area contributed by atoms with Crippen molar-refractivity contribution in [1.82, 2.24) is 29.1 Å². The first-order valence-electron chi connectivity index (χ1n) is 9.98. The third-order valence-electron chi connectivity index (χ3n) is 5.19. The number of nitrogen functional groups attached to an aromatic ring is 1. The summed E-state index contributed by atoms with van der Waals surface area (Å²) < 4.78 is 30.9. The zero-order valence-corrected chi connectivity index (χ0v) is 17.4. The van der Waals surface area contributed by atoms with E-state index in [0.717, 1.165) is 0 Å². The molecule has 1 aromatic carbocycles. The number of aromatic nitrogens is 6. The molecule has 4 aromatic heterocycles. The fourth-order valence-electron chi connectivity index (χ4n) is 3.63. The molecule has 0 saturated heterocycles. The second-order valence-electron chi connectivity index (χ2n) is 7.44. The van der Waals surface area contributed by atoms with Gasteiger partial charge < -0.3 is 10.3 Å². The van der Waals surface area contributed by atoms with Crippen molar-refractivity contribution in [1.29, 1.82) is 0 Å². The number of nitrogens with two attached hydrogens (primary N) is 1. The summed E-state index contributed by atoms with van der Waals surface area (Å²) in [6.45, 7) is 0. The number of aryl methyl sites for hydroxylation is 1. The Morgan fingerprint density at radius 1 is 1.03 bits per heavy atom. The summed E-state index contributed by atoms with van der Waals surface area (Å²) in [6, 6.07) is 11.8. The van der Waals surface area contributed by atoms with Crippen molar-refractivity contribution in [2.45, 2.75) is 6.42 Å². The second-order valence-corrected chi connectivity index (χ2v) is 7.44. The quantitative estimate of drug-likeness (QED) is 0.456. The fraction of sp³-hybridized carbons (Fsp3) is 0.0870. The van der Waals surface area contributed by atoms with E-state index in [1.54, 1.807) is 31.4 Å². The first kappa shape index (κ1) is 20.4. The number of nitrogens with zero attached hydrogens (tertiary/aromatic N) is 6. The van der Waals surface area contributed by atoms with Gasteiger partial charge in [0.2, 0.25) is 11.5 Å². The van der Waals surface area contributed by atoms with Gasteiger partial charge in [0, 0.05) is 36.6 Å². The van der Waals surface area contributed by atoms with Crippen molar-refractivity contribution in [3.05, 3.63) is 94.4 Å². The van der Waals surface area contributed by atoms with Crippen LogP contribution in [0.3, 0.4) is 0 Å². The minimum atomic E-state index is -0.471. The monoisotopic (exact) mass is 445 g/mol. The van der Waals surface area contributed by atoms with Crippen molar-refractivity contribution in [3.63, 3.8) is 0 Å². The molecular formula is C23H17F2N7O. The van der Waals surface area contributed by atoms with E-state index in [0.29, 0.717) is 28.0 Å². The molecule has 0 aliphatic carbocycles. The highest BCUT2D eigenvalue weighted by Crippen LogP contribution is 2.34. The Bertz CT molecular complexity index is 1580. The molecule has 10 heteroatoms. The molecule has 164 valence electrons. The van der Waals surface area contributed by atoms with Crippen molar-refractivity contribution >= 4 is 11.6 Å². The first-order chi connectivity index (χ1) is 15.9. The van der Waals surface area contributed by atoms with Gasteiger partial charge in [-0.05, 0) is 30.3 Å². The van der Waals surface area contributed by atoms with E-state index < -0.39 is 11.6 Å². The number of pyridine rings is 2. The second kappa shape index (κ2) is 7.90. The SMILES string of the molecule is Cn1cc(-c2c(-c3cccc(F)c3)nc(N)n3nc(Cc4ncccc4F)nc23)ccc1=O. The summed E-state index contributed by atoms with van der Waals surface area (Å²) in [7, 11) is 1.62. The van der Waals surface area contributed by atoms with Crippen LogP contribution in [-0.4, -0.2) is 29.1 Å². The van der Waals surface area contributed by atoms with Gasteiger partial charge in [0.05, 0.1) is 23.4 Å². The van der Waals surface area contributed by atoms with Gasteiger partial charge in [0.25, 0.3) is 0 Å². The molecule has 0 atom stereocenters. The van der Waals surface area contributed by atoms with Gasteiger partial charge in [0.15, 0.2) is 11.5 Å². The van der Waals surface area contributed by atoms with Crippen LogP contribution in [-0.2, 0) is 13.5 Å². The lowest BCUT2D eigenvalue weighted by atomic mass is 10.0.